The van der Waals surface area contributed by atoms with Gasteiger partial charge in [0.1, 0.15) is 11.4 Å². The molecular formula is C16H17F3N2O4S. The van der Waals surface area contributed by atoms with Gasteiger partial charge in [0.25, 0.3) is 15.6 Å². The molecule has 10 heteroatoms. The first-order chi connectivity index (χ1) is 12.1. The van der Waals surface area contributed by atoms with Crippen molar-refractivity contribution in [1.82, 2.24) is 4.57 Å². The molecule has 0 saturated carbocycles. The quantitative estimate of drug-likeness (QED) is 0.823. The average Bonchev–Trinajstić information content (AvgIpc) is 2.56. The molecule has 0 spiro atoms. The zero-order valence-corrected chi connectivity index (χ0v) is 14.8. The summed E-state index contributed by atoms with van der Waals surface area (Å²) in [5, 5.41) is 0. The van der Waals surface area contributed by atoms with Crippen molar-refractivity contribution in [2.75, 3.05) is 11.8 Å². The van der Waals surface area contributed by atoms with Gasteiger partial charge in [-0.25, -0.2) is 8.42 Å². The summed E-state index contributed by atoms with van der Waals surface area (Å²) in [4.78, 5) is 12.2. The largest absolute Gasteiger partial charge is 0.431 e. The van der Waals surface area contributed by atoms with E-state index in [2.05, 4.69) is 4.72 Å². The third-order valence-corrected chi connectivity index (χ3v) is 5.05. The summed E-state index contributed by atoms with van der Waals surface area (Å²) >= 11 is 0. The van der Waals surface area contributed by atoms with Crippen molar-refractivity contribution in [3.8, 4) is 0 Å². The second-order valence-corrected chi connectivity index (χ2v) is 6.98. The van der Waals surface area contributed by atoms with E-state index in [1.54, 1.807) is 6.07 Å². The minimum Gasteiger partial charge on any atom is -0.380 e. The zero-order chi connectivity index (χ0) is 19.5. The standard InChI is InChI=1S/C16H17F3N2O4S/c1-3-21-14(16(17,18)19)9-8-12(15(21)22)20-26(23,24)13-7-5-4-6-11(13)10-25-2/h4-9,20H,3,10H2,1-2H3. The lowest BCUT2D eigenvalue weighted by Gasteiger charge is -2.16. The number of pyridine rings is 1. The number of hydrogen-bond donors (Lipinski definition) is 1. The van der Waals surface area contributed by atoms with Crippen molar-refractivity contribution in [2.45, 2.75) is 31.1 Å². The number of aromatic nitrogens is 1. The van der Waals surface area contributed by atoms with Crippen LogP contribution in [0.4, 0.5) is 18.9 Å². The molecule has 1 heterocycles. The van der Waals surface area contributed by atoms with E-state index in [9.17, 15) is 26.4 Å². The van der Waals surface area contributed by atoms with Crippen molar-refractivity contribution < 1.29 is 26.3 Å². The first-order valence-electron chi connectivity index (χ1n) is 7.52. The maximum absolute atomic E-state index is 13.0. The van der Waals surface area contributed by atoms with Gasteiger partial charge in [-0.2, -0.15) is 13.2 Å². The molecule has 0 aliphatic carbocycles. The molecule has 6 nitrogen and oxygen atoms in total. The number of anilines is 1. The summed E-state index contributed by atoms with van der Waals surface area (Å²) in [5.74, 6) is 0. The predicted octanol–water partition coefficient (Wildman–Crippen LogP) is 2.83. The number of sulfonamides is 1. The molecule has 142 valence electrons. The highest BCUT2D eigenvalue weighted by Gasteiger charge is 2.34. The minimum atomic E-state index is -4.72. The molecule has 0 aliphatic rings. The van der Waals surface area contributed by atoms with Gasteiger partial charge in [0.15, 0.2) is 0 Å². The first kappa shape index (κ1) is 20.0. The molecule has 0 amide bonds. The molecule has 0 saturated heterocycles. The highest BCUT2D eigenvalue weighted by atomic mass is 32.2. The molecular weight excluding hydrogens is 373 g/mol. The average molecular weight is 390 g/mol. The van der Waals surface area contributed by atoms with Gasteiger partial charge in [-0.1, -0.05) is 18.2 Å². The Hall–Kier alpha value is -2.33. The van der Waals surface area contributed by atoms with Crippen LogP contribution in [0, 0.1) is 0 Å². The molecule has 0 unspecified atom stereocenters. The van der Waals surface area contributed by atoms with E-state index in [1.807, 2.05) is 0 Å². The van der Waals surface area contributed by atoms with Gasteiger partial charge in [0.2, 0.25) is 0 Å². The highest BCUT2D eigenvalue weighted by molar-refractivity contribution is 7.92. The third-order valence-electron chi connectivity index (χ3n) is 3.59. The number of halogens is 3. The molecule has 0 atom stereocenters. The Bertz CT molecular complexity index is 953. The Kier molecular flexibility index (Phi) is 5.77. The number of nitrogens with zero attached hydrogens (tertiary/aromatic N) is 1. The van der Waals surface area contributed by atoms with Crippen molar-refractivity contribution in [2.24, 2.45) is 0 Å². The van der Waals surface area contributed by atoms with Crippen LogP contribution in [-0.2, 0) is 34.1 Å². The van der Waals surface area contributed by atoms with Crippen LogP contribution in [0.3, 0.4) is 0 Å². The monoisotopic (exact) mass is 390 g/mol. The molecule has 0 bridgehead atoms. The van der Waals surface area contributed by atoms with Gasteiger partial charge in [-0.05, 0) is 30.7 Å². The lowest BCUT2D eigenvalue weighted by molar-refractivity contribution is -0.144. The lowest BCUT2D eigenvalue weighted by atomic mass is 10.2. The van der Waals surface area contributed by atoms with Crippen molar-refractivity contribution >= 4 is 15.7 Å². The molecule has 1 aromatic heterocycles. The van der Waals surface area contributed by atoms with Crippen molar-refractivity contribution in [1.29, 1.82) is 0 Å². The summed E-state index contributed by atoms with van der Waals surface area (Å²) in [6.45, 7) is 1.12. The molecule has 2 aromatic rings. The van der Waals surface area contributed by atoms with Gasteiger partial charge in [-0.15, -0.1) is 0 Å². The number of rotatable bonds is 6. The Morgan fingerprint density at radius 1 is 1.15 bits per heavy atom. The smallest absolute Gasteiger partial charge is 0.380 e. The summed E-state index contributed by atoms with van der Waals surface area (Å²) in [6, 6.07) is 7.45. The number of nitrogens with one attached hydrogen (secondary N) is 1. The van der Waals surface area contributed by atoms with E-state index >= 15 is 0 Å². The van der Waals surface area contributed by atoms with E-state index < -0.39 is 33.1 Å². The maximum atomic E-state index is 13.0. The van der Waals surface area contributed by atoms with Crippen LogP contribution < -0.4 is 10.3 Å². The second kappa shape index (κ2) is 7.50. The Morgan fingerprint density at radius 2 is 1.81 bits per heavy atom. The molecule has 2 rings (SSSR count). The minimum absolute atomic E-state index is 0.0171. The molecule has 0 radical (unpaired) electrons. The fourth-order valence-electron chi connectivity index (χ4n) is 2.46. The van der Waals surface area contributed by atoms with Crippen molar-refractivity contribution in [3.63, 3.8) is 0 Å². The van der Waals surface area contributed by atoms with Crippen LogP contribution in [0.25, 0.3) is 0 Å². The lowest BCUT2D eigenvalue weighted by Crippen LogP contribution is -2.30. The number of hydrogen-bond acceptors (Lipinski definition) is 4. The van der Waals surface area contributed by atoms with Crippen LogP contribution in [-0.4, -0.2) is 20.1 Å². The van der Waals surface area contributed by atoms with E-state index in [0.29, 0.717) is 16.2 Å². The molecule has 1 aromatic carbocycles. The van der Waals surface area contributed by atoms with Crippen LogP contribution >= 0.6 is 0 Å². The fourth-order valence-corrected chi connectivity index (χ4v) is 3.74. The van der Waals surface area contributed by atoms with Gasteiger partial charge < -0.3 is 9.30 Å². The summed E-state index contributed by atoms with van der Waals surface area (Å²) < 4.78 is 71.6. The van der Waals surface area contributed by atoms with Gasteiger partial charge in [-0.3, -0.25) is 9.52 Å². The molecule has 1 N–H and O–H groups in total. The van der Waals surface area contributed by atoms with E-state index in [-0.39, 0.29) is 18.0 Å². The van der Waals surface area contributed by atoms with Crippen molar-refractivity contribution in [3.05, 3.63) is 58.0 Å². The van der Waals surface area contributed by atoms with Crippen LogP contribution in [0.15, 0.2) is 46.1 Å². The third kappa shape index (κ3) is 4.07. The SMILES string of the molecule is CCn1c(C(F)(F)F)ccc(NS(=O)(=O)c2ccccc2COC)c1=O. The van der Waals surface area contributed by atoms with E-state index in [0.717, 1.165) is 6.07 Å². The Morgan fingerprint density at radius 3 is 2.38 bits per heavy atom. The highest BCUT2D eigenvalue weighted by Crippen LogP contribution is 2.29. The fraction of sp³-hybridized carbons (Fsp3) is 0.312. The maximum Gasteiger partial charge on any atom is 0.431 e. The molecule has 26 heavy (non-hydrogen) atoms. The molecule has 0 fully saturated rings. The van der Waals surface area contributed by atoms with Gasteiger partial charge in [0, 0.05) is 13.7 Å². The first-order valence-corrected chi connectivity index (χ1v) is 9.00. The van der Waals surface area contributed by atoms with Gasteiger partial charge in [0.05, 0.1) is 11.5 Å². The Labute approximate surface area is 148 Å². The van der Waals surface area contributed by atoms with Crippen LogP contribution in [0.2, 0.25) is 0 Å². The number of methoxy groups -OCH3 is 1. The number of alkyl halides is 3. The molecule has 0 aliphatic heterocycles. The van der Waals surface area contributed by atoms with E-state index in [4.69, 9.17) is 4.74 Å². The summed E-state index contributed by atoms with van der Waals surface area (Å²) in [5.41, 5.74) is -2.33. The Balaban J connectivity index is 2.50. The van der Waals surface area contributed by atoms with Crippen LogP contribution in [0.5, 0.6) is 0 Å². The number of ether oxygens (including phenoxy) is 1. The summed E-state index contributed by atoms with van der Waals surface area (Å²) in [7, 11) is -2.79. The predicted molar refractivity (Wildman–Crippen MR) is 89.3 cm³/mol. The number of benzene rings is 1. The van der Waals surface area contributed by atoms with Crippen LogP contribution in [0.1, 0.15) is 18.2 Å². The summed E-state index contributed by atoms with van der Waals surface area (Å²) in [6.07, 6.45) is -4.72. The van der Waals surface area contributed by atoms with E-state index in [1.165, 1.54) is 32.2 Å². The normalized spacial score (nSPS) is 12.2. The second-order valence-electron chi connectivity index (χ2n) is 5.33. The van der Waals surface area contributed by atoms with Gasteiger partial charge >= 0.3 is 6.18 Å². The topological polar surface area (TPSA) is 77.4 Å². The zero-order valence-electron chi connectivity index (χ0n) is 14.0.